The number of sulfonamides is 1. The molecule has 0 heterocycles. The van der Waals surface area contributed by atoms with Crippen molar-refractivity contribution in [3.63, 3.8) is 0 Å². The zero-order chi connectivity index (χ0) is 16.8. The van der Waals surface area contributed by atoms with E-state index in [9.17, 15) is 18.0 Å². The molecule has 1 aromatic rings. The minimum absolute atomic E-state index is 0.0155. The van der Waals surface area contributed by atoms with Gasteiger partial charge in [-0.25, -0.2) is 13.1 Å². The van der Waals surface area contributed by atoms with Crippen LogP contribution in [-0.4, -0.2) is 38.0 Å². The lowest BCUT2D eigenvalue weighted by Gasteiger charge is -2.10. The highest BCUT2D eigenvalue weighted by Gasteiger charge is 2.15. The topological polar surface area (TPSA) is 113 Å². The van der Waals surface area contributed by atoms with Crippen LogP contribution in [0.3, 0.4) is 0 Å². The van der Waals surface area contributed by atoms with Crippen molar-refractivity contribution in [1.29, 1.82) is 0 Å². The molecule has 3 N–H and O–H groups in total. The maximum absolute atomic E-state index is 11.9. The Kier molecular flexibility index (Phi) is 6.51. The highest BCUT2D eigenvalue weighted by Crippen LogP contribution is 2.11. The van der Waals surface area contributed by atoms with E-state index in [4.69, 9.17) is 5.11 Å². The Hall–Kier alpha value is -1.93. The summed E-state index contributed by atoms with van der Waals surface area (Å²) in [7, 11) is -3.58. The molecule has 7 nitrogen and oxygen atoms in total. The maximum Gasteiger partial charge on any atom is 0.303 e. The summed E-state index contributed by atoms with van der Waals surface area (Å²) < 4.78 is 26.3. The van der Waals surface area contributed by atoms with Gasteiger partial charge >= 0.3 is 5.97 Å². The minimum atomic E-state index is -3.58. The molecular weight excluding hydrogens is 308 g/mol. The standard InChI is InChI=1S/C14H20N2O5S/c1-10(2)16-22(20,21)12-7-5-11(6-8-12)14(19)15-9-3-4-13(17)18/h5-8,10,16H,3-4,9H2,1-2H3,(H,15,19)(H,17,18). The smallest absolute Gasteiger partial charge is 0.303 e. The van der Waals surface area contributed by atoms with E-state index in [1.165, 1.54) is 24.3 Å². The van der Waals surface area contributed by atoms with Crippen LogP contribution in [0.1, 0.15) is 37.0 Å². The number of benzene rings is 1. The number of rotatable bonds is 8. The van der Waals surface area contributed by atoms with E-state index in [1.807, 2.05) is 0 Å². The Morgan fingerprint density at radius 1 is 1.18 bits per heavy atom. The maximum atomic E-state index is 11.9. The first-order valence-electron chi connectivity index (χ1n) is 6.85. The van der Waals surface area contributed by atoms with E-state index in [0.717, 1.165) is 0 Å². The summed E-state index contributed by atoms with van der Waals surface area (Å²) in [6, 6.07) is 5.33. The number of carboxylic acids is 1. The lowest BCUT2D eigenvalue weighted by Crippen LogP contribution is -2.30. The van der Waals surface area contributed by atoms with Crippen LogP contribution in [0.4, 0.5) is 0 Å². The van der Waals surface area contributed by atoms with Crippen LogP contribution >= 0.6 is 0 Å². The summed E-state index contributed by atoms with van der Waals surface area (Å²) in [4.78, 5) is 22.2. The lowest BCUT2D eigenvalue weighted by atomic mass is 10.2. The van der Waals surface area contributed by atoms with Crippen molar-refractivity contribution in [2.45, 2.75) is 37.6 Å². The van der Waals surface area contributed by atoms with Crippen LogP contribution in [0.2, 0.25) is 0 Å². The molecule has 0 bridgehead atoms. The van der Waals surface area contributed by atoms with Gasteiger partial charge in [-0.2, -0.15) is 0 Å². The van der Waals surface area contributed by atoms with Gasteiger partial charge in [0.25, 0.3) is 5.91 Å². The molecule has 0 fully saturated rings. The molecule has 1 rings (SSSR count). The molecule has 0 aliphatic heterocycles. The molecule has 0 aromatic heterocycles. The largest absolute Gasteiger partial charge is 0.481 e. The molecule has 0 spiro atoms. The monoisotopic (exact) mass is 328 g/mol. The van der Waals surface area contributed by atoms with Gasteiger partial charge in [0.1, 0.15) is 0 Å². The number of carbonyl (C=O) groups excluding carboxylic acids is 1. The number of hydrogen-bond donors (Lipinski definition) is 3. The Morgan fingerprint density at radius 3 is 2.27 bits per heavy atom. The molecule has 122 valence electrons. The second kappa shape index (κ2) is 7.90. The van der Waals surface area contributed by atoms with Gasteiger partial charge in [0.2, 0.25) is 10.0 Å². The lowest BCUT2D eigenvalue weighted by molar-refractivity contribution is -0.137. The molecule has 22 heavy (non-hydrogen) atoms. The Morgan fingerprint density at radius 2 is 1.77 bits per heavy atom. The van der Waals surface area contributed by atoms with Crippen LogP contribution in [-0.2, 0) is 14.8 Å². The Bertz CT molecular complexity index is 623. The summed E-state index contributed by atoms with van der Waals surface area (Å²) in [5.41, 5.74) is 0.318. The molecule has 0 radical (unpaired) electrons. The molecular formula is C14H20N2O5S. The summed E-state index contributed by atoms with van der Waals surface area (Å²) in [6.07, 6.45) is 0.324. The summed E-state index contributed by atoms with van der Waals surface area (Å²) in [5.74, 6) is -1.28. The van der Waals surface area contributed by atoms with Gasteiger partial charge < -0.3 is 10.4 Å². The molecule has 0 aliphatic rings. The quantitative estimate of drug-likeness (QED) is 0.615. The fourth-order valence-electron chi connectivity index (χ4n) is 1.71. The molecule has 0 aliphatic carbocycles. The van der Waals surface area contributed by atoms with Crippen LogP contribution < -0.4 is 10.0 Å². The second-order valence-electron chi connectivity index (χ2n) is 5.05. The third-order valence-corrected chi connectivity index (χ3v) is 4.35. The van der Waals surface area contributed by atoms with Crippen molar-refractivity contribution in [3.05, 3.63) is 29.8 Å². The van der Waals surface area contributed by atoms with Crippen LogP contribution in [0.5, 0.6) is 0 Å². The van der Waals surface area contributed by atoms with Gasteiger partial charge in [0, 0.05) is 24.6 Å². The van der Waals surface area contributed by atoms with Crippen molar-refractivity contribution >= 4 is 21.9 Å². The molecule has 0 saturated carbocycles. The van der Waals surface area contributed by atoms with Gasteiger partial charge in [-0.15, -0.1) is 0 Å². The summed E-state index contributed by atoms with van der Waals surface area (Å²) >= 11 is 0. The minimum Gasteiger partial charge on any atom is -0.481 e. The Labute approximate surface area is 129 Å². The van der Waals surface area contributed by atoms with Crippen molar-refractivity contribution in [1.82, 2.24) is 10.0 Å². The predicted molar refractivity (Wildman–Crippen MR) is 81.1 cm³/mol. The average Bonchev–Trinajstić information content (AvgIpc) is 2.42. The molecule has 1 amide bonds. The molecule has 0 saturated heterocycles. The highest BCUT2D eigenvalue weighted by atomic mass is 32.2. The third-order valence-electron chi connectivity index (χ3n) is 2.67. The molecule has 0 unspecified atom stereocenters. The number of hydrogen-bond acceptors (Lipinski definition) is 4. The van der Waals surface area contributed by atoms with Gasteiger partial charge in [0.15, 0.2) is 0 Å². The number of aliphatic carboxylic acids is 1. The zero-order valence-electron chi connectivity index (χ0n) is 12.5. The van der Waals surface area contributed by atoms with E-state index in [-0.39, 0.29) is 29.8 Å². The fraction of sp³-hybridized carbons (Fsp3) is 0.429. The Balaban J connectivity index is 2.64. The van der Waals surface area contributed by atoms with E-state index >= 15 is 0 Å². The van der Waals surface area contributed by atoms with Crippen molar-refractivity contribution in [2.24, 2.45) is 0 Å². The van der Waals surface area contributed by atoms with Gasteiger partial charge in [-0.1, -0.05) is 0 Å². The van der Waals surface area contributed by atoms with Crippen LogP contribution in [0.25, 0.3) is 0 Å². The van der Waals surface area contributed by atoms with E-state index < -0.39 is 16.0 Å². The first-order chi connectivity index (χ1) is 10.2. The number of carbonyl (C=O) groups is 2. The SMILES string of the molecule is CC(C)NS(=O)(=O)c1ccc(C(=O)NCCCC(=O)O)cc1. The van der Waals surface area contributed by atoms with Crippen molar-refractivity contribution in [2.75, 3.05) is 6.54 Å². The highest BCUT2D eigenvalue weighted by molar-refractivity contribution is 7.89. The number of amides is 1. The summed E-state index contributed by atoms with van der Waals surface area (Å²) in [5, 5.41) is 11.1. The normalized spacial score (nSPS) is 11.4. The van der Waals surface area contributed by atoms with Crippen molar-refractivity contribution in [3.8, 4) is 0 Å². The number of nitrogens with one attached hydrogen (secondary N) is 2. The van der Waals surface area contributed by atoms with Gasteiger partial charge in [-0.3, -0.25) is 9.59 Å². The summed E-state index contributed by atoms with van der Waals surface area (Å²) in [6.45, 7) is 3.69. The second-order valence-corrected chi connectivity index (χ2v) is 6.77. The predicted octanol–water partition coefficient (Wildman–Crippen LogP) is 0.968. The molecule has 8 heteroatoms. The van der Waals surface area contributed by atoms with Crippen LogP contribution in [0.15, 0.2) is 29.2 Å². The van der Waals surface area contributed by atoms with Crippen molar-refractivity contribution < 1.29 is 23.1 Å². The van der Waals surface area contributed by atoms with Gasteiger partial charge in [0.05, 0.1) is 4.90 Å². The van der Waals surface area contributed by atoms with E-state index in [2.05, 4.69) is 10.0 Å². The first kappa shape index (κ1) is 18.1. The number of carboxylic acid groups (broad SMARTS) is 1. The fourth-order valence-corrected chi connectivity index (χ4v) is 2.96. The van der Waals surface area contributed by atoms with E-state index in [0.29, 0.717) is 12.0 Å². The average molecular weight is 328 g/mol. The zero-order valence-corrected chi connectivity index (χ0v) is 13.3. The first-order valence-corrected chi connectivity index (χ1v) is 8.33. The third kappa shape index (κ3) is 5.82. The van der Waals surface area contributed by atoms with E-state index in [1.54, 1.807) is 13.8 Å². The molecule has 1 aromatic carbocycles. The van der Waals surface area contributed by atoms with Gasteiger partial charge in [-0.05, 0) is 44.5 Å². The van der Waals surface area contributed by atoms with Crippen LogP contribution in [0, 0.1) is 0 Å². The molecule has 0 atom stereocenters.